The lowest BCUT2D eigenvalue weighted by atomic mass is 10.1. The Morgan fingerprint density at radius 1 is 0.826 bits per heavy atom. The van der Waals surface area contributed by atoms with Gasteiger partial charge in [0.1, 0.15) is 0 Å². The molecule has 1 nitrogen and oxygen atoms in total. The normalized spacial score (nSPS) is 11.4. The first-order valence-corrected chi connectivity index (χ1v) is 7.71. The fraction of sp³-hybridized carbons (Fsp3) is 0.0556. The van der Waals surface area contributed by atoms with Crippen LogP contribution >= 0.6 is 11.8 Å². The molecule has 0 spiro atoms. The second-order valence-electron chi connectivity index (χ2n) is 4.84. The molecule has 3 aromatic rings. The Morgan fingerprint density at radius 3 is 2.22 bits per heavy atom. The minimum Gasteiger partial charge on any atom is -0.256 e. The number of halogens is 3. The summed E-state index contributed by atoms with van der Waals surface area (Å²) in [6, 6.07) is 18.5. The van der Waals surface area contributed by atoms with Crippen LogP contribution < -0.4 is 0 Å². The Kier molecular flexibility index (Phi) is 4.39. The molecule has 0 saturated heterocycles. The van der Waals surface area contributed by atoms with Crippen LogP contribution in [0.3, 0.4) is 0 Å². The van der Waals surface area contributed by atoms with Gasteiger partial charge in [-0.3, -0.25) is 4.98 Å². The van der Waals surface area contributed by atoms with Crippen LogP contribution in [0.1, 0.15) is 5.56 Å². The third-order valence-corrected chi connectivity index (χ3v) is 4.29. The lowest BCUT2D eigenvalue weighted by molar-refractivity contribution is -0.137. The van der Waals surface area contributed by atoms with Crippen LogP contribution in [-0.2, 0) is 6.18 Å². The third-order valence-electron chi connectivity index (χ3n) is 3.22. The number of nitrogens with zero attached hydrogens (tertiary/aromatic N) is 1. The highest BCUT2D eigenvalue weighted by Gasteiger charge is 2.31. The van der Waals surface area contributed by atoms with E-state index in [2.05, 4.69) is 4.98 Å². The minimum atomic E-state index is -4.37. The smallest absolute Gasteiger partial charge is 0.256 e. The second kappa shape index (κ2) is 6.46. The lowest BCUT2D eigenvalue weighted by Gasteiger charge is -2.13. The average Bonchev–Trinajstić information content (AvgIpc) is 2.56. The van der Waals surface area contributed by atoms with Gasteiger partial charge in [0.05, 0.1) is 11.3 Å². The molecule has 23 heavy (non-hydrogen) atoms. The molecule has 0 fully saturated rings. The first-order valence-electron chi connectivity index (χ1n) is 6.89. The number of aromatic nitrogens is 1. The molecule has 1 heterocycles. The maximum absolute atomic E-state index is 13.0. The first kappa shape index (κ1) is 15.6. The van der Waals surface area contributed by atoms with Crippen molar-refractivity contribution in [2.45, 2.75) is 16.0 Å². The molecule has 0 unspecified atom stereocenters. The van der Waals surface area contributed by atoms with E-state index in [-0.39, 0.29) is 0 Å². The molecular formula is C18H12F3NS. The van der Waals surface area contributed by atoms with Crippen molar-refractivity contribution in [1.82, 2.24) is 4.98 Å². The van der Waals surface area contributed by atoms with Crippen LogP contribution in [0, 0.1) is 0 Å². The van der Waals surface area contributed by atoms with Crippen molar-refractivity contribution in [1.29, 1.82) is 0 Å². The zero-order chi connectivity index (χ0) is 16.3. The van der Waals surface area contributed by atoms with Gasteiger partial charge in [0, 0.05) is 21.6 Å². The van der Waals surface area contributed by atoms with Crippen LogP contribution in [0.2, 0.25) is 0 Å². The number of alkyl halides is 3. The van der Waals surface area contributed by atoms with E-state index < -0.39 is 11.7 Å². The molecule has 3 rings (SSSR count). The van der Waals surface area contributed by atoms with Gasteiger partial charge in [0.2, 0.25) is 0 Å². The Bertz CT molecular complexity index is 786. The van der Waals surface area contributed by atoms with Crippen LogP contribution in [0.25, 0.3) is 11.3 Å². The summed E-state index contributed by atoms with van der Waals surface area (Å²) in [5.74, 6) is 0. The first-order chi connectivity index (χ1) is 11.0. The van der Waals surface area contributed by atoms with Gasteiger partial charge in [0.15, 0.2) is 0 Å². The maximum Gasteiger partial charge on any atom is 0.416 e. The molecule has 0 bridgehead atoms. The second-order valence-corrected chi connectivity index (χ2v) is 5.95. The molecule has 0 N–H and O–H groups in total. The van der Waals surface area contributed by atoms with E-state index in [0.717, 1.165) is 11.0 Å². The number of pyridine rings is 1. The summed E-state index contributed by atoms with van der Waals surface area (Å²) in [4.78, 5) is 5.66. The molecule has 0 amide bonds. The van der Waals surface area contributed by atoms with Gasteiger partial charge in [0.25, 0.3) is 0 Å². The van der Waals surface area contributed by atoms with Gasteiger partial charge < -0.3 is 0 Å². The SMILES string of the molecule is FC(F)(F)c1ccc(-c2ccccn2)c(Sc2ccccc2)c1. The molecule has 0 aliphatic heterocycles. The van der Waals surface area contributed by atoms with Crippen LogP contribution in [0.4, 0.5) is 13.2 Å². The molecule has 0 aliphatic rings. The van der Waals surface area contributed by atoms with Gasteiger partial charge in [-0.05, 0) is 36.4 Å². The molecule has 1 aromatic heterocycles. The summed E-state index contributed by atoms with van der Waals surface area (Å²) in [6.07, 6.45) is -2.74. The number of rotatable bonds is 3. The molecule has 0 atom stereocenters. The van der Waals surface area contributed by atoms with Crippen molar-refractivity contribution >= 4 is 11.8 Å². The van der Waals surface area contributed by atoms with E-state index in [1.807, 2.05) is 36.4 Å². The van der Waals surface area contributed by atoms with Crippen molar-refractivity contribution in [3.05, 3.63) is 78.5 Å². The Hall–Kier alpha value is -2.27. The molecule has 0 radical (unpaired) electrons. The van der Waals surface area contributed by atoms with E-state index in [0.29, 0.717) is 16.2 Å². The summed E-state index contributed by atoms with van der Waals surface area (Å²) < 4.78 is 39.0. The van der Waals surface area contributed by atoms with Crippen molar-refractivity contribution in [2.75, 3.05) is 0 Å². The highest BCUT2D eigenvalue weighted by atomic mass is 32.2. The quantitative estimate of drug-likeness (QED) is 0.591. The minimum absolute atomic E-state index is 0.532. The van der Waals surface area contributed by atoms with Crippen molar-refractivity contribution in [3.8, 4) is 11.3 Å². The summed E-state index contributed by atoms with van der Waals surface area (Å²) in [5.41, 5.74) is 0.683. The summed E-state index contributed by atoms with van der Waals surface area (Å²) in [6.45, 7) is 0. The zero-order valence-electron chi connectivity index (χ0n) is 11.9. The van der Waals surface area contributed by atoms with E-state index >= 15 is 0 Å². The monoisotopic (exact) mass is 331 g/mol. The average molecular weight is 331 g/mol. The molecule has 2 aromatic carbocycles. The molecule has 0 saturated carbocycles. The summed E-state index contributed by atoms with van der Waals surface area (Å²) >= 11 is 1.30. The van der Waals surface area contributed by atoms with E-state index in [9.17, 15) is 13.2 Å². The van der Waals surface area contributed by atoms with Gasteiger partial charge >= 0.3 is 6.18 Å². The van der Waals surface area contributed by atoms with Crippen molar-refractivity contribution in [3.63, 3.8) is 0 Å². The lowest BCUT2D eigenvalue weighted by Crippen LogP contribution is -2.05. The molecular weight excluding hydrogens is 319 g/mol. The fourth-order valence-corrected chi connectivity index (χ4v) is 3.15. The predicted octanol–water partition coefficient (Wildman–Crippen LogP) is 5.92. The zero-order valence-corrected chi connectivity index (χ0v) is 12.7. The van der Waals surface area contributed by atoms with Gasteiger partial charge in [-0.1, -0.05) is 42.1 Å². The highest BCUT2D eigenvalue weighted by Crippen LogP contribution is 2.39. The van der Waals surface area contributed by atoms with Gasteiger partial charge in [-0.15, -0.1) is 0 Å². The number of hydrogen-bond acceptors (Lipinski definition) is 2. The van der Waals surface area contributed by atoms with E-state index in [1.54, 1.807) is 18.3 Å². The predicted molar refractivity (Wildman–Crippen MR) is 85.2 cm³/mol. The van der Waals surface area contributed by atoms with Crippen molar-refractivity contribution in [2.24, 2.45) is 0 Å². The summed E-state index contributed by atoms with van der Waals surface area (Å²) in [5, 5.41) is 0. The highest BCUT2D eigenvalue weighted by molar-refractivity contribution is 7.99. The number of hydrogen-bond donors (Lipinski definition) is 0. The molecule has 116 valence electrons. The number of benzene rings is 2. The van der Waals surface area contributed by atoms with Crippen molar-refractivity contribution < 1.29 is 13.2 Å². The molecule has 5 heteroatoms. The van der Waals surface area contributed by atoms with E-state index in [1.165, 1.54) is 23.9 Å². The maximum atomic E-state index is 13.0. The summed E-state index contributed by atoms with van der Waals surface area (Å²) in [7, 11) is 0. The Morgan fingerprint density at radius 2 is 1.57 bits per heavy atom. The Balaban J connectivity index is 2.08. The topological polar surface area (TPSA) is 12.9 Å². The Labute approximate surface area is 136 Å². The van der Waals surface area contributed by atoms with Crippen LogP contribution in [0.15, 0.2) is 82.7 Å². The standard InChI is InChI=1S/C18H12F3NS/c19-18(20,21)13-9-10-15(16-8-4-5-11-22-16)17(12-13)23-14-6-2-1-3-7-14/h1-12H. The fourth-order valence-electron chi connectivity index (χ4n) is 2.13. The van der Waals surface area contributed by atoms with Crippen LogP contribution in [0.5, 0.6) is 0 Å². The largest absolute Gasteiger partial charge is 0.416 e. The van der Waals surface area contributed by atoms with Gasteiger partial charge in [-0.2, -0.15) is 13.2 Å². The third kappa shape index (κ3) is 3.74. The van der Waals surface area contributed by atoms with Gasteiger partial charge in [-0.25, -0.2) is 0 Å². The molecule has 0 aliphatic carbocycles. The van der Waals surface area contributed by atoms with E-state index in [4.69, 9.17) is 0 Å². The van der Waals surface area contributed by atoms with Crippen LogP contribution in [-0.4, -0.2) is 4.98 Å².